The summed E-state index contributed by atoms with van der Waals surface area (Å²) in [5.74, 6) is 0.594. The molecule has 1 aromatic rings. The van der Waals surface area contributed by atoms with E-state index in [1.807, 2.05) is 14.0 Å². The maximum absolute atomic E-state index is 11.6. The fourth-order valence-electron chi connectivity index (χ4n) is 1.24. The van der Waals surface area contributed by atoms with Gasteiger partial charge in [0.1, 0.15) is 6.33 Å². The predicted molar refractivity (Wildman–Crippen MR) is 55.7 cm³/mol. The van der Waals surface area contributed by atoms with Gasteiger partial charge in [0.05, 0.1) is 6.54 Å². The minimum atomic E-state index is -0.113. The fraction of sp³-hybridized carbons (Fsp3) is 0.667. The lowest BCUT2D eigenvalue weighted by molar-refractivity contribution is -0.125. The molecule has 0 saturated heterocycles. The van der Waals surface area contributed by atoms with Gasteiger partial charge in [-0.05, 0) is 6.42 Å². The summed E-state index contributed by atoms with van der Waals surface area (Å²) in [6, 6.07) is 0. The lowest BCUT2D eigenvalue weighted by Crippen LogP contribution is -2.34. The normalized spacial score (nSPS) is 12.5. The Morgan fingerprint density at radius 3 is 2.93 bits per heavy atom. The molecule has 0 aliphatic rings. The van der Waals surface area contributed by atoms with E-state index in [1.54, 1.807) is 10.9 Å². The monoisotopic (exact) mass is 211 g/mol. The summed E-state index contributed by atoms with van der Waals surface area (Å²) in [6.45, 7) is 2.71. The summed E-state index contributed by atoms with van der Waals surface area (Å²) < 4.78 is 1.77. The molecule has 15 heavy (non-hydrogen) atoms. The molecule has 1 unspecified atom stereocenters. The lowest BCUT2D eigenvalue weighted by Gasteiger charge is -2.11. The number of amides is 1. The highest BCUT2D eigenvalue weighted by atomic mass is 16.1. The highest BCUT2D eigenvalue weighted by Gasteiger charge is 2.14. The molecule has 0 spiro atoms. The topological polar surface area (TPSA) is 85.8 Å². The van der Waals surface area contributed by atoms with E-state index in [2.05, 4.69) is 15.5 Å². The van der Waals surface area contributed by atoms with Crippen LogP contribution >= 0.6 is 0 Å². The average molecular weight is 211 g/mol. The van der Waals surface area contributed by atoms with E-state index in [0.717, 1.165) is 12.2 Å². The summed E-state index contributed by atoms with van der Waals surface area (Å²) >= 11 is 0. The third-order valence-electron chi connectivity index (χ3n) is 2.37. The van der Waals surface area contributed by atoms with Crippen molar-refractivity contribution in [3.63, 3.8) is 0 Å². The molecule has 1 atom stereocenters. The van der Waals surface area contributed by atoms with Crippen LogP contribution in [-0.2, 0) is 18.4 Å². The number of rotatable bonds is 5. The molecule has 0 saturated carbocycles. The first-order valence-corrected chi connectivity index (χ1v) is 4.99. The van der Waals surface area contributed by atoms with Gasteiger partial charge in [0.2, 0.25) is 5.91 Å². The van der Waals surface area contributed by atoms with Crippen molar-refractivity contribution in [3.05, 3.63) is 12.2 Å². The molecule has 0 radical (unpaired) electrons. The summed E-state index contributed by atoms with van der Waals surface area (Å²) in [5.41, 5.74) is 5.47. The number of nitrogens with one attached hydrogen (secondary N) is 1. The zero-order valence-electron chi connectivity index (χ0n) is 9.10. The molecular formula is C9H17N5O. The van der Waals surface area contributed by atoms with Crippen LogP contribution in [0.1, 0.15) is 19.2 Å². The Morgan fingerprint density at radius 1 is 1.73 bits per heavy atom. The Labute approximate surface area is 88.9 Å². The zero-order valence-corrected chi connectivity index (χ0v) is 9.10. The number of nitrogens with two attached hydrogens (primary N) is 1. The molecule has 0 fully saturated rings. The van der Waals surface area contributed by atoms with Crippen LogP contribution in [0, 0.1) is 5.92 Å². The van der Waals surface area contributed by atoms with Gasteiger partial charge in [-0.1, -0.05) is 6.92 Å². The summed E-state index contributed by atoms with van der Waals surface area (Å²) in [6.07, 6.45) is 2.35. The number of aromatic nitrogens is 3. The van der Waals surface area contributed by atoms with E-state index < -0.39 is 0 Å². The SMILES string of the molecule is CCC(CN)C(=O)NCc1nncn1C. The molecule has 0 bridgehead atoms. The van der Waals surface area contributed by atoms with Gasteiger partial charge in [0, 0.05) is 19.5 Å². The van der Waals surface area contributed by atoms with Crippen molar-refractivity contribution in [2.45, 2.75) is 19.9 Å². The van der Waals surface area contributed by atoms with E-state index in [9.17, 15) is 4.79 Å². The van der Waals surface area contributed by atoms with E-state index in [0.29, 0.717) is 13.1 Å². The first kappa shape index (κ1) is 11.6. The summed E-state index contributed by atoms with van der Waals surface area (Å²) in [7, 11) is 1.84. The van der Waals surface area contributed by atoms with E-state index in [4.69, 9.17) is 5.73 Å². The second kappa shape index (κ2) is 5.45. The average Bonchev–Trinajstić information content (AvgIpc) is 2.63. The van der Waals surface area contributed by atoms with Crippen molar-refractivity contribution < 1.29 is 4.79 Å². The van der Waals surface area contributed by atoms with Gasteiger partial charge in [-0.3, -0.25) is 4.79 Å². The molecule has 6 nitrogen and oxygen atoms in total. The van der Waals surface area contributed by atoms with Crippen molar-refractivity contribution in [1.82, 2.24) is 20.1 Å². The van der Waals surface area contributed by atoms with E-state index >= 15 is 0 Å². The molecule has 1 rings (SSSR count). The molecule has 6 heteroatoms. The second-order valence-electron chi connectivity index (χ2n) is 3.42. The van der Waals surface area contributed by atoms with Crippen LogP contribution in [0.25, 0.3) is 0 Å². The van der Waals surface area contributed by atoms with Crippen LogP contribution in [0.15, 0.2) is 6.33 Å². The molecule has 3 N–H and O–H groups in total. The Morgan fingerprint density at radius 2 is 2.47 bits per heavy atom. The van der Waals surface area contributed by atoms with Crippen molar-refractivity contribution in [2.24, 2.45) is 18.7 Å². The first-order chi connectivity index (χ1) is 7.19. The van der Waals surface area contributed by atoms with Crippen molar-refractivity contribution >= 4 is 5.91 Å². The number of carbonyl (C=O) groups excluding carboxylic acids is 1. The third kappa shape index (κ3) is 3.02. The van der Waals surface area contributed by atoms with Crippen LogP contribution in [0.4, 0.5) is 0 Å². The zero-order chi connectivity index (χ0) is 11.3. The van der Waals surface area contributed by atoms with Crippen LogP contribution < -0.4 is 11.1 Å². The minimum Gasteiger partial charge on any atom is -0.349 e. The van der Waals surface area contributed by atoms with Crippen LogP contribution in [-0.4, -0.2) is 27.2 Å². The van der Waals surface area contributed by atoms with Crippen molar-refractivity contribution in [2.75, 3.05) is 6.54 Å². The van der Waals surface area contributed by atoms with Gasteiger partial charge >= 0.3 is 0 Å². The maximum Gasteiger partial charge on any atom is 0.224 e. The number of hydrogen-bond donors (Lipinski definition) is 2. The molecule has 1 amide bonds. The van der Waals surface area contributed by atoms with E-state index in [-0.39, 0.29) is 11.8 Å². The van der Waals surface area contributed by atoms with Gasteiger partial charge in [-0.15, -0.1) is 10.2 Å². The molecule has 84 valence electrons. The van der Waals surface area contributed by atoms with Gasteiger partial charge in [-0.2, -0.15) is 0 Å². The third-order valence-corrected chi connectivity index (χ3v) is 2.37. The molecule has 1 aromatic heterocycles. The molecular weight excluding hydrogens is 194 g/mol. The summed E-state index contributed by atoms with van der Waals surface area (Å²) in [5, 5.41) is 10.4. The maximum atomic E-state index is 11.6. The van der Waals surface area contributed by atoms with Crippen LogP contribution in [0.5, 0.6) is 0 Å². The predicted octanol–water partition coefficient (Wildman–Crippen LogP) is -0.584. The van der Waals surface area contributed by atoms with Crippen LogP contribution in [0.3, 0.4) is 0 Å². The van der Waals surface area contributed by atoms with Gasteiger partial charge in [0.25, 0.3) is 0 Å². The number of nitrogens with zero attached hydrogens (tertiary/aromatic N) is 3. The van der Waals surface area contributed by atoms with Crippen LogP contribution in [0.2, 0.25) is 0 Å². The first-order valence-electron chi connectivity index (χ1n) is 4.99. The molecule has 0 aromatic carbocycles. The molecule has 0 aliphatic heterocycles. The quantitative estimate of drug-likeness (QED) is 0.682. The van der Waals surface area contributed by atoms with Gasteiger partial charge < -0.3 is 15.6 Å². The Bertz CT molecular complexity index is 318. The number of carbonyl (C=O) groups is 1. The van der Waals surface area contributed by atoms with E-state index in [1.165, 1.54) is 0 Å². The van der Waals surface area contributed by atoms with Gasteiger partial charge in [-0.25, -0.2) is 0 Å². The number of aryl methyl sites for hydroxylation is 1. The van der Waals surface area contributed by atoms with Crippen molar-refractivity contribution in [1.29, 1.82) is 0 Å². The highest BCUT2D eigenvalue weighted by Crippen LogP contribution is 2.00. The fourth-order valence-corrected chi connectivity index (χ4v) is 1.24. The summed E-state index contributed by atoms with van der Waals surface area (Å²) in [4.78, 5) is 11.6. The Hall–Kier alpha value is -1.43. The lowest BCUT2D eigenvalue weighted by atomic mass is 10.1. The smallest absolute Gasteiger partial charge is 0.224 e. The Balaban J connectivity index is 2.43. The second-order valence-corrected chi connectivity index (χ2v) is 3.42. The standard InChI is InChI=1S/C9H17N5O/c1-3-7(4-10)9(15)11-5-8-13-12-6-14(8)2/h6-7H,3-5,10H2,1-2H3,(H,11,15). The molecule has 1 heterocycles. The Kier molecular flexibility index (Phi) is 4.23. The van der Waals surface area contributed by atoms with Gasteiger partial charge in [0.15, 0.2) is 5.82 Å². The largest absolute Gasteiger partial charge is 0.349 e. The minimum absolute atomic E-state index is 0.0250. The molecule has 0 aliphatic carbocycles. The van der Waals surface area contributed by atoms with Crippen molar-refractivity contribution in [3.8, 4) is 0 Å². The highest BCUT2D eigenvalue weighted by molar-refractivity contribution is 5.78. The number of hydrogen-bond acceptors (Lipinski definition) is 4.